The summed E-state index contributed by atoms with van der Waals surface area (Å²) in [7, 11) is 0. The lowest BCUT2D eigenvalue weighted by molar-refractivity contribution is -0.0282. The first-order valence-electron chi connectivity index (χ1n) is 6.98. The predicted octanol–water partition coefficient (Wildman–Crippen LogP) is 2.95. The van der Waals surface area contributed by atoms with E-state index < -0.39 is 0 Å². The quantitative estimate of drug-likeness (QED) is 0.924. The van der Waals surface area contributed by atoms with E-state index in [4.69, 9.17) is 10.5 Å². The molecule has 0 amide bonds. The number of hydrogen-bond donors (Lipinski definition) is 1. The Morgan fingerprint density at radius 3 is 2.95 bits per heavy atom. The summed E-state index contributed by atoms with van der Waals surface area (Å²) < 4.78 is 6.65. The highest BCUT2D eigenvalue weighted by Gasteiger charge is 2.31. The SMILES string of the molecule is CCC(N)C(c1cccc(Br)c1)N1CCOCC1C. The van der Waals surface area contributed by atoms with Crippen LogP contribution < -0.4 is 5.73 Å². The van der Waals surface area contributed by atoms with Crippen LogP contribution in [0.3, 0.4) is 0 Å². The second-order valence-corrected chi connectivity index (χ2v) is 6.15. The molecule has 1 saturated heterocycles. The van der Waals surface area contributed by atoms with Crippen LogP contribution >= 0.6 is 15.9 Å². The molecule has 1 aliphatic rings. The smallest absolute Gasteiger partial charge is 0.0620 e. The maximum Gasteiger partial charge on any atom is 0.0620 e. The van der Waals surface area contributed by atoms with E-state index in [0.29, 0.717) is 6.04 Å². The standard InChI is InChI=1S/C15H23BrN2O/c1-3-14(17)15(12-5-4-6-13(16)9-12)18-7-8-19-10-11(18)2/h4-6,9,11,14-15H,3,7-8,10,17H2,1-2H3. The molecule has 2 rings (SSSR count). The van der Waals surface area contributed by atoms with Crippen LogP contribution in [0.4, 0.5) is 0 Å². The highest BCUT2D eigenvalue weighted by atomic mass is 79.9. The molecule has 3 atom stereocenters. The van der Waals surface area contributed by atoms with Crippen molar-refractivity contribution in [3.8, 4) is 0 Å². The van der Waals surface area contributed by atoms with E-state index in [0.717, 1.165) is 30.7 Å². The minimum atomic E-state index is 0.148. The van der Waals surface area contributed by atoms with Crippen LogP contribution in [-0.4, -0.2) is 36.7 Å². The molecule has 3 nitrogen and oxygen atoms in total. The van der Waals surface area contributed by atoms with Gasteiger partial charge < -0.3 is 10.5 Å². The summed E-state index contributed by atoms with van der Waals surface area (Å²) in [4.78, 5) is 2.49. The molecule has 1 heterocycles. The van der Waals surface area contributed by atoms with Gasteiger partial charge in [-0.15, -0.1) is 0 Å². The summed E-state index contributed by atoms with van der Waals surface area (Å²) in [6.07, 6.45) is 0.973. The van der Waals surface area contributed by atoms with Crippen molar-refractivity contribution in [1.82, 2.24) is 4.90 Å². The predicted molar refractivity (Wildman–Crippen MR) is 82.1 cm³/mol. The monoisotopic (exact) mass is 326 g/mol. The van der Waals surface area contributed by atoms with Gasteiger partial charge in [0.25, 0.3) is 0 Å². The molecule has 3 unspecified atom stereocenters. The Balaban J connectivity index is 2.29. The van der Waals surface area contributed by atoms with Gasteiger partial charge in [0.1, 0.15) is 0 Å². The van der Waals surface area contributed by atoms with Gasteiger partial charge in [0.2, 0.25) is 0 Å². The van der Waals surface area contributed by atoms with E-state index in [1.165, 1.54) is 5.56 Å². The van der Waals surface area contributed by atoms with Gasteiger partial charge in [-0.2, -0.15) is 0 Å². The number of nitrogens with two attached hydrogens (primary N) is 1. The molecule has 2 N–H and O–H groups in total. The maximum atomic E-state index is 6.39. The fraction of sp³-hybridized carbons (Fsp3) is 0.600. The van der Waals surface area contributed by atoms with Gasteiger partial charge in [0.05, 0.1) is 19.3 Å². The molecule has 106 valence electrons. The third-order valence-electron chi connectivity index (χ3n) is 3.84. The van der Waals surface area contributed by atoms with Crippen LogP contribution in [0.1, 0.15) is 31.9 Å². The van der Waals surface area contributed by atoms with Crippen LogP contribution in [0.2, 0.25) is 0 Å². The van der Waals surface area contributed by atoms with Crippen LogP contribution in [0.25, 0.3) is 0 Å². The third kappa shape index (κ3) is 3.57. The lowest BCUT2D eigenvalue weighted by Gasteiger charge is -2.42. The van der Waals surface area contributed by atoms with Crippen LogP contribution in [0.5, 0.6) is 0 Å². The number of rotatable bonds is 4. The van der Waals surface area contributed by atoms with Crippen molar-refractivity contribution in [3.63, 3.8) is 0 Å². The van der Waals surface area contributed by atoms with E-state index in [2.05, 4.69) is 58.9 Å². The average molecular weight is 327 g/mol. The topological polar surface area (TPSA) is 38.5 Å². The van der Waals surface area contributed by atoms with Crippen LogP contribution in [0.15, 0.2) is 28.7 Å². The van der Waals surface area contributed by atoms with Crippen molar-refractivity contribution in [2.24, 2.45) is 5.73 Å². The van der Waals surface area contributed by atoms with Crippen molar-refractivity contribution >= 4 is 15.9 Å². The van der Waals surface area contributed by atoms with Gasteiger partial charge in [-0.25, -0.2) is 0 Å². The van der Waals surface area contributed by atoms with Crippen molar-refractivity contribution in [3.05, 3.63) is 34.3 Å². The van der Waals surface area contributed by atoms with Gasteiger partial charge in [-0.3, -0.25) is 4.90 Å². The summed E-state index contributed by atoms with van der Waals surface area (Å²) in [6, 6.07) is 9.32. The molecule has 1 aliphatic heterocycles. The minimum absolute atomic E-state index is 0.148. The average Bonchev–Trinajstić information content (AvgIpc) is 2.41. The molecule has 1 aromatic rings. The van der Waals surface area contributed by atoms with E-state index in [1.807, 2.05) is 0 Å². The Bertz CT molecular complexity index is 413. The summed E-state index contributed by atoms with van der Waals surface area (Å²) in [5.41, 5.74) is 7.68. The Morgan fingerprint density at radius 2 is 2.32 bits per heavy atom. The molecule has 1 aromatic carbocycles. The Labute approximate surface area is 124 Å². The highest BCUT2D eigenvalue weighted by Crippen LogP contribution is 2.30. The molecule has 0 spiro atoms. The zero-order valence-electron chi connectivity index (χ0n) is 11.7. The molecule has 1 fully saturated rings. The molecule has 4 heteroatoms. The molecule has 0 aromatic heterocycles. The van der Waals surface area contributed by atoms with Crippen molar-refractivity contribution in [2.75, 3.05) is 19.8 Å². The van der Waals surface area contributed by atoms with Crippen molar-refractivity contribution in [2.45, 2.75) is 38.4 Å². The maximum absolute atomic E-state index is 6.39. The Morgan fingerprint density at radius 1 is 1.53 bits per heavy atom. The van der Waals surface area contributed by atoms with Crippen LogP contribution in [0, 0.1) is 0 Å². The largest absolute Gasteiger partial charge is 0.379 e. The first kappa shape index (κ1) is 15.0. The Hall–Kier alpha value is -0.420. The summed E-state index contributed by atoms with van der Waals surface area (Å²) in [5.74, 6) is 0. The molecule has 19 heavy (non-hydrogen) atoms. The molecule has 0 bridgehead atoms. The lowest BCUT2D eigenvalue weighted by atomic mass is 9.94. The van der Waals surface area contributed by atoms with E-state index in [1.54, 1.807) is 0 Å². The summed E-state index contributed by atoms with van der Waals surface area (Å²) in [5, 5.41) is 0. The minimum Gasteiger partial charge on any atom is -0.379 e. The number of nitrogens with zero attached hydrogens (tertiary/aromatic N) is 1. The van der Waals surface area contributed by atoms with Crippen molar-refractivity contribution in [1.29, 1.82) is 0 Å². The molecule has 0 radical (unpaired) electrons. The zero-order valence-corrected chi connectivity index (χ0v) is 13.3. The van der Waals surface area contributed by atoms with Gasteiger partial charge >= 0.3 is 0 Å². The summed E-state index contributed by atoms with van der Waals surface area (Å²) in [6.45, 7) is 6.91. The third-order valence-corrected chi connectivity index (χ3v) is 4.34. The first-order chi connectivity index (χ1) is 9.13. The molecule has 0 aliphatic carbocycles. The zero-order chi connectivity index (χ0) is 13.8. The van der Waals surface area contributed by atoms with Gasteiger partial charge in [-0.05, 0) is 31.0 Å². The molecular formula is C15H23BrN2O. The molecular weight excluding hydrogens is 304 g/mol. The van der Waals surface area contributed by atoms with Crippen LogP contribution in [-0.2, 0) is 4.74 Å². The number of hydrogen-bond acceptors (Lipinski definition) is 3. The lowest BCUT2D eigenvalue weighted by Crippen LogP contribution is -2.50. The number of halogens is 1. The normalized spacial score (nSPS) is 24.1. The van der Waals surface area contributed by atoms with E-state index in [-0.39, 0.29) is 12.1 Å². The fourth-order valence-corrected chi connectivity index (χ4v) is 3.17. The summed E-state index contributed by atoms with van der Waals surface area (Å²) >= 11 is 3.56. The number of ether oxygens (including phenoxy) is 1. The molecule has 0 saturated carbocycles. The van der Waals surface area contributed by atoms with E-state index >= 15 is 0 Å². The number of benzene rings is 1. The second kappa shape index (κ2) is 6.84. The fourth-order valence-electron chi connectivity index (χ4n) is 2.75. The van der Waals surface area contributed by atoms with E-state index in [9.17, 15) is 0 Å². The first-order valence-corrected chi connectivity index (χ1v) is 7.77. The van der Waals surface area contributed by atoms with Crippen molar-refractivity contribution < 1.29 is 4.74 Å². The van der Waals surface area contributed by atoms with Gasteiger partial charge in [-0.1, -0.05) is 35.0 Å². The van der Waals surface area contributed by atoms with Gasteiger partial charge in [0, 0.05) is 23.1 Å². The van der Waals surface area contributed by atoms with Gasteiger partial charge in [0.15, 0.2) is 0 Å². The Kier molecular flexibility index (Phi) is 5.39. The number of morpholine rings is 1. The second-order valence-electron chi connectivity index (χ2n) is 5.23. The highest BCUT2D eigenvalue weighted by molar-refractivity contribution is 9.10.